The van der Waals surface area contributed by atoms with E-state index in [-0.39, 0.29) is 4.70 Å². The van der Waals surface area contributed by atoms with E-state index in [1.54, 1.807) is 0 Å². The Morgan fingerprint density at radius 2 is 1.75 bits per heavy atom. The van der Waals surface area contributed by atoms with E-state index < -0.39 is 16.0 Å². The molecule has 28 valence electrons. The molecule has 2 nitrogen and oxygen atoms in total. The molecule has 0 aliphatic heterocycles. The topological polar surface area (TPSA) is 37.3 Å². The van der Waals surface area contributed by atoms with E-state index >= 15 is 0 Å². The Kier molecular flexibility index (Phi) is 23.4. The van der Waals surface area contributed by atoms with Crippen molar-refractivity contribution in [2.75, 3.05) is 0 Å². The molecule has 0 aromatic heterocycles. The van der Waals surface area contributed by atoms with Gasteiger partial charge < -0.3 is 0 Å². The van der Waals surface area contributed by atoms with E-state index in [4.69, 9.17) is 7.84 Å². The van der Waals surface area contributed by atoms with Gasteiger partial charge in [0, 0.05) is 0 Å². The van der Waals surface area contributed by atoms with Gasteiger partial charge in [0.1, 0.15) is 0 Å². The molecule has 1 N–H and O–H groups in total. The summed E-state index contributed by atoms with van der Waals surface area (Å²) < 4.78 is 15.8. The Morgan fingerprint density at radius 1 is 1.75 bits per heavy atom. The van der Waals surface area contributed by atoms with Gasteiger partial charge in [-0.1, -0.05) is 0 Å². The van der Waals surface area contributed by atoms with E-state index in [1.807, 2.05) is 0 Å². The van der Waals surface area contributed by atoms with Crippen LogP contribution in [0.5, 0.6) is 0 Å². The monoisotopic (exact) mass is 130 g/mol. The van der Waals surface area contributed by atoms with Gasteiger partial charge in [0.2, 0.25) is 0 Å². The minimum atomic E-state index is -1.94. The van der Waals surface area contributed by atoms with Gasteiger partial charge in [0.15, 0.2) is 0 Å². The Hall–Kier alpha value is 0.248. The van der Waals surface area contributed by atoms with E-state index in [0.717, 1.165) is 0 Å². The predicted octanol–water partition coefficient (Wildman–Crippen LogP) is -1.44. The van der Waals surface area contributed by atoms with Crippen LogP contribution in [0.2, 0.25) is 0 Å². The fourth-order valence-corrected chi connectivity index (χ4v) is 0. The maximum atomic E-state index is 8.64. The minimum absolute atomic E-state index is 0. The molecule has 0 spiro atoms. The van der Waals surface area contributed by atoms with Gasteiger partial charge in [-0.25, -0.2) is 0 Å². The van der Waals surface area contributed by atoms with Crippen LogP contribution < -0.4 is 0 Å². The van der Waals surface area contributed by atoms with E-state index in [2.05, 4.69) is 0 Å². The molecule has 0 radical (unpaired) electrons. The molecule has 0 heterocycles. The summed E-state index contributed by atoms with van der Waals surface area (Å²) in [4.78, 5) is 0. The van der Waals surface area contributed by atoms with Gasteiger partial charge in [-0.05, 0) is 0 Å². The summed E-state index contributed by atoms with van der Waals surface area (Å²) in [5.41, 5.74) is 0. The van der Waals surface area contributed by atoms with Crippen molar-refractivity contribution in [2.24, 2.45) is 0 Å². The number of rotatable bonds is 0. The van der Waals surface area contributed by atoms with E-state index in [0.29, 0.717) is 0 Å². The van der Waals surface area contributed by atoms with Crippen molar-refractivity contribution < 1.29 is 12.5 Å². The van der Waals surface area contributed by atoms with Crippen LogP contribution in [0, 0.1) is 0 Å². The summed E-state index contributed by atoms with van der Waals surface area (Å²) in [6.45, 7) is 0. The molecule has 1 atom stereocenters. The van der Waals surface area contributed by atoms with Crippen LogP contribution >= 0.6 is 0 Å². The zero-order chi connectivity index (χ0) is 2.71. The van der Waals surface area contributed by atoms with Gasteiger partial charge in [0.05, 0.1) is 0 Å². The van der Waals surface area contributed by atoms with Crippen LogP contribution in [-0.4, -0.2) is 20.1 Å². The molecule has 0 aromatic carbocycles. The zero-order valence-corrected chi connectivity index (χ0v) is 4.26. The third kappa shape index (κ3) is 56.8. The molecule has 0 aliphatic carbocycles. The van der Waals surface area contributed by atoms with Crippen molar-refractivity contribution in [3.63, 3.8) is 0 Å². The van der Waals surface area contributed by atoms with Crippen molar-refractivity contribution in [1.82, 2.24) is 0 Å². The molecule has 0 saturated carbocycles. The quantitative estimate of drug-likeness (QED) is 0.408. The first kappa shape index (κ1) is 8.87. The summed E-state index contributed by atoms with van der Waals surface area (Å²) in [5.74, 6) is 0. The molecular weight excluding hydrogens is 126 g/mol. The molecule has 0 rings (SSSR count). The molecule has 0 bridgehead atoms. The standard InChI is InChI=1S/AsH3O2.FH/c2-1-3;/h1H2,(H,2,3);1H. The van der Waals surface area contributed by atoms with Crippen molar-refractivity contribution in [3.05, 3.63) is 0 Å². The molecular formula is H4AsFO2. The molecule has 1 unspecified atom stereocenters. The maximum absolute atomic E-state index is 8.64. The third-order valence-corrected chi connectivity index (χ3v) is 0. The third-order valence-electron chi connectivity index (χ3n) is 0. The Balaban J connectivity index is 0. The fourth-order valence-electron chi connectivity index (χ4n) is 0. The molecule has 0 fully saturated rings. The number of hydrogen-bond acceptors (Lipinski definition) is 1. The first-order chi connectivity index (χ1) is 1.41. The average Bonchev–Trinajstić information content (AvgIpc) is 0.918. The van der Waals surface area contributed by atoms with E-state index in [9.17, 15) is 0 Å². The summed E-state index contributed by atoms with van der Waals surface area (Å²) in [6.07, 6.45) is 0. The molecule has 4 heteroatoms. The van der Waals surface area contributed by atoms with E-state index in [1.165, 1.54) is 0 Å². The van der Waals surface area contributed by atoms with Crippen molar-refractivity contribution in [3.8, 4) is 0 Å². The molecule has 0 amide bonds. The van der Waals surface area contributed by atoms with Gasteiger partial charge in [0.25, 0.3) is 0 Å². The van der Waals surface area contributed by atoms with Crippen LogP contribution in [0.4, 0.5) is 4.70 Å². The van der Waals surface area contributed by atoms with Crippen LogP contribution in [0.3, 0.4) is 0 Å². The molecule has 0 aliphatic rings. The first-order valence-electron chi connectivity index (χ1n) is 0.494. The summed E-state index contributed by atoms with van der Waals surface area (Å²) in [6, 6.07) is 0. The molecule has 4 heavy (non-hydrogen) atoms. The van der Waals surface area contributed by atoms with Gasteiger partial charge in [-0.3, -0.25) is 4.70 Å². The zero-order valence-electron chi connectivity index (χ0n) is 1.84. The second-order valence-electron chi connectivity index (χ2n) is 0.105. The normalized spacial score (nSPS) is 7.25. The van der Waals surface area contributed by atoms with Crippen molar-refractivity contribution in [1.29, 1.82) is 0 Å². The second-order valence-corrected chi connectivity index (χ2v) is 0.548. The Morgan fingerprint density at radius 3 is 1.75 bits per heavy atom. The van der Waals surface area contributed by atoms with Crippen molar-refractivity contribution >= 4 is 16.0 Å². The number of halogens is 1. The SMILES string of the molecule is F.O=[AsH2]O. The van der Waals surface area contributed by atoms with Gasteiger partial charge in [-0.15, -0.1) is 0 Å². The Bertz CT molecular complexity index is 13.5. The van der Waals surface area contributed by atoms with Crippen LogP contribution in [0.15, 0.2) is 0 Å². The van der Waals surface area contributed by atoms with Crippen LogP contribution in [0.1, 0.15) is 0 Å². The predicted molar refractivity (Wildman–Crippen MR) is 14.0 cm³/mol. The van der Waals surface area contributed by atoms with Crippen LogP contribution in [-0.2, 0) is 3.74 Å². The summed E-state index contributed by atoms with van der Waals surface area (Å²) >= 11 is -1.94. The van der Waals surface area contributed by atoms with Crippen molar-refractivity contribution in [2.45, 2.75) is 0 Å². The first-order valence-corrected chi connectivity index (χ1v) is 2.57. The summed E-state index contributed by atoms with van der Waals surface area (Å²) in [5, 5.41) is 0. The fraction of sp³-hybridized carbons (Fsp3) is 0. The second kappa shape index (κ2) is 10.5. The van der Waals surface area contributed by atoms with Crippen LogP contribution in [0.25, 0.3) is 0 Å². The molecule has 0 aromatic rings. The van der Waals surface area contributed by atoms with Gasteiger partial charge >= 0.3 is 23.9 Å². The molecule has 0 saturated heterocycles. The van der Waals surface area contributed by atoms with Gasteiger partial charge in [-0.2, -0.15) is 0 Å². The average molecular weight is 130 g/mol. The number of hydrogen-bond donors (Lipinski definition) is 1. The Labute approximate surface area is 29.5 Å². The summed E-state index contributed by atoms with van der Waals surface area (Å²) in [7, 11) is 0.